The molecule has 1 aliphatic heterocycles. The summed E-state index contributed by atoms with van der Waals surface area (Å²) >= 11 is 0. The molecule has 3 rings (SSSR count). The minimum Gasteiger partial charge on any atom is -0.493 e. The van der Waals surface area contributed by atoms with Crippen LogP contribution in [0.5, 0.6) is 5.75 Å². The van der Waals surface area contributed by atoms with Crippen molar-refractivity contribution in [2.75, 3.05) is 19.7 Å². The highest BCUT2D eigenvalue weighted by Crippen LogP contribution is 2.19. The lowest BCUT2D eigenvalue weighted by Gasteiger charge is -2.17. The predicted molar refractivity (Wildman–Crippen MR) is 100 cm³/mol. The van der Waals surface area contributed by atoms with Crippen LogP contribution in [0, 0.1) is 5.82 Å². The van der Waals surface area contributed by atoms with Crippen molar-refractivity contribution in [2.24, 2.45) is 0 Å². The maximum atomic E-state index is 13.0. The van der Waals surface area contributed by atoms with E-state index >= 15 is 0 Å². The van der Waals surface area contributed by atoms with Crippen molar-refractivity contribution in [3.05, 3.63) is 65.5 Å². The Hall–Kier alpha value is -2.89. The van der Waals surface area contributed by atoms with Gasteiger partial charge in [0.05, 0.1) is 18.2 Å². The van der Waals surface area contributed by atoms with E-state index < -0.39 is 0 Å². The number of ether oxygens (including phenoxy) is 1. The van der Waals surface area contributed by atoms with Crippen molar-refractivity contribution in [3.8, 4) is 5.75 Å². The Bertz CT molecular complexity index is 807. The first-order valence-corrected chi connectivity index (χ1v) is 9.11. The summed E-state index contributed by atoms with van der Waals surface area (Å²) in [4.78, 5) is 26.5. The molecule has 142 valence electrons. The molecule has 0 spiro atoms. The molecular formula is C21H23FN2O3. The number of likely N-dealkylation sites (tertiary alicyclic amines) is 1. The standard InChI is InChI=1S/C21H23FN2O3/c1-2-27-19-6-4-3-5-18(19)21(26)23-17-13-20(25)24(14-17)12-11-15-7-9-16(22)10-8-15/h3-10,17H,2,11-14H2,1H3,(H,23,26). The fourth-order valence-corrected chi connectivity index (χ4v) is 3.20. The number of halogens is 1. The molecule has 1 unspecified atom stereocenters. The highest BCUT2D eigenvalue weighted by atomic mass is 19.1. The molecule has 6 heteroatoms. The third-order valence-corrected chi connectivity index (χ3v) is 4.56. The Morgan fingerprint density at radius 3 is 2.70 bits per heavy atom. The molecule has 1 fully saturated rings. The third-order valence-electron chi connectivity index (χ3n) is 4.56. The number of nitrogens with one attached hydrogen (secondary N) is 1. The molecule has 1 aliphatic rings. The van der Waals surface area contributed by atoms with Gasteiger partial charge in [0, 0.05) is 19.5 Å². The number of benzene rings is 2. The van der Waals surface area contributed by atoms with Gasteiger partial charge in [-0.2, -0.15) is 0 Å². The second-order valence-corrected chi connectivity index (χ2v) is 6.52. The van der Waals surface area contributed by atoms with Crippen LogP contribution in [0.3, 0.4) is 0 Å². The number of nitrogens with zero attached hydrogens (tertiary/aromatic N) is 1. The maximum Gasteiger partial charge on any atom is 0.255 e. The molecule has 5 nitrogen and oxygen atoms in total. The van der Waals surface area contributed by atoms with E-state index in [0.717, 1.165) is 5.56 Å². The highest BCUT2D eigenvalue weighted by molar-refractivity contribution is 5.97. The van der Waals surface area contributed by atoms with Gasteiger partial charge in [-0.3, -0.25) is 9.59 Å². The van der Waals surface area contributed by atoms with Crippen molar-refractivity contribution < 1.29 is 18.7 Å². The first-order chi connectivity index (χ1) is 13.1. The van der Waals surface area contributed by atoms with Crippen molar-refractivity contribution in [2.45, 2.75) is 25.8 Å². The largest absolute Gasteiger partial charge is 0.493 e. The van der Waals surface area contributed by atoms with Crippen molar-refractivity contribution in [3.63, 3.8) is 0 Å². The molecular weight excluding hydrogens is 347 g/mol. The van der Waals surface area contributed by atoms with Crippen LogP contribution in [-0.2, 0) is 11.2 Å². The van der Waals surface area contributed by atoms with E-state index in [2.05, 4.69) is 5.32 Å². The summed E-state index contributed by atoms with van der Waals surface area (Å²) in [5, 5.41) is 2.93. The molecule has 0 aromatic heterocycles. The van der Waals surface area contributed by atoms with Gasteiger partial charge >= 0.3 is 0 Å². The lowest BCUT2D eigenvalue weighted by molar-refractivity contribution is -0.127. The summed E-state index contributed by atoms with van der Waals surface area (Å²) in [6, 6.07) is 13.1. The molecule has 1 atom stereocenters. The van der Waals surface area contributed by atoms with E-state index in [4.69, 9.17) is 4.74 Å². The van der Waals surface area contributed by atoms with Crippen molar-refractivity contribution >= 4 is 11.8 Å². The van der Waals surface area contributed by atoms with Gasteiger partial charge in [0.1, 0.15) is 11.6 Å². The monoisotopic (exact) mass is 370 g/mol. The highest BCUT2D eigenvalue weighted by Gasteiger charge is 2.30. The van der Waals surface area contributed by atoms with Gasteiger partial charge in [-0.1, -0.05) is 24.3 Å². The molecule has 2 aromatic rings. The van der Waals surface area contributed by atoms with Crippen LogP contribution in [0.2, 0.25) is 0 Å². The van der Waals surface area contributed by atoms with Crippen LogP contribution in [0.4, 0.5) is 4.39 Å². The van der Waals surface area contributed by atoms with Gasteiger partial charge in [0.25, 0.3) is 5.91 Å². The molecule has 1 heterocycles. The fourth-order valence-electron chi connectivity index (χ4n) is 3.20. The third kappa shape index (κ3) is 4.84. The SMILES string of the molecule is CCOc1ccccc1C(=O)NC1CC(=O)N(CCc2ccc(F)cc2)C1. The molecule has 0 saturated carbocycles. The zero-order valence-corrected chi connectivity index (χ0v) is 15.3. The Kier molecular flexibility index (Phi) is 6.06. The summed E-state index contributed by atoms with van der Waals surface area (Å²) in [6.45, 7) is 3.36. The summed E-state index contributed by atoms with van der Waals surface area (Å²) in [7, 11) is 0. The summed E-state index contributed by atoms with van der Waals surface area (Å²) in [6.07, 6.45) is 0.936. The number of carbonyl (C=O) groups excluding carboxylic acids is 2. The quantitative estimate of drug-likeness (QED) is 0.815. The van der Waals surface area contributed by atoms with Crippen LogP contribution in [0.15, 0.2) is 48.5 Å². The van der Waals surface area contributed by atoms with E-state index in [-0.39, 0.29) is 30.1 Å². The number of para-hydroxylation sites is 1. The van der Waals surface area contributed by atoms with E-state index in [1.165, 1.54) is 12.1 Å². The van der Waals surface area contributed by atoms with Crippen LogP contribution in [0.25, 0.3) is 0 Å². The zero-order chi connectivity index (χ0) is 19.2. The smallest absolute Gasteiger partial charge is 0.255 e. The summed E-state index contributed by atoms with van der Waals surface area (Å²) in [5.41, 5.74) is 1.44. The Morgan fingerprint density at radius 2 is 1.96 bits per heavy atom. The Balaban J connectivity index is 1.56. The topological polar surface area (TPSA) is 58.6 Å². The number of rotatable bonds is 7. The van der Waals surface area contributed by atoms with E-state index in [0.29, 0.717) is 37.4 Å². The Labute approximate surface area is 158 Å². The van der Waals surface area contributed by atoms with E-state index in [9.17, 15) is 14.0 Å². The first kappa shape index (κ1) is 18.9. The molecule has 1 saturated heterocycles. The lowest BCUT2D eigenvalue weighted by Crippen LogP contribution is -2.37. The molecule has 0 aliphatic carbocycles. The van der Waals surface area contributed by atoms with E-state index in [1.807, 2.05) is 13.0 Å². The molecule has 2 aromatic carbocycles. The van der Waals surface area contributed by atoms with Gasteiger partial charge in [0.15, 0.2) is 0 Å². The molecule has 0 radical (unpaired) electrons. The van der Waals surface area contributed by atoms with E-state index in [1.54, 1.807) is 35.2 Å². The lowest BCUT2D eigenvalue weighted by atomic mass is 10.1. The average molecular weight is 370 g/mol. The van der Waals surface area contributed by atoms with Gasteiger partial charge in [-0.05, 0) is 43.2 Å². The molecule has 2 amide bonds. The minimum absolute atomic E-state index is 0.0144. The van der Waals surface area contributed by atoms with Gasteiger partial charge < -0.3 is 15.0 Å². The minimum atomic E-state index is -0.272. The maximum absolute atomic E-state index is 13.0. The first-order valence-electron chi connectivity index (χ1n) is 9.11. The van der Waals surface area contributed by atoms with Gasteiger partial charge in [0.2, 0.25) is 5.91 Å². The number of carbonyl (C=O) groups is 2. The normalized spacial score (nSPS) is 16.4. The average Bonchev–Trinajstić information content (AvgIpc) is 3.01. The number of amides is 2. The van der Waals surface area contributed by atoms with Gasteiger partial charge in [-0.25, -0.2) is 4.39 Å². The van der Waals surface area contributed by atoms with Crippen LogP contribution < -0.4 is 10.1 Å². The number of hydrogen-bond donors (Lipinski definition) is 1. The summed E-state index contributed by atoms with van der Waals surface area (Å²) < 4.78 is 18.5. The van der Waals surface area contributed by atoms with Crippen LogP contribution in [0.1, 0.15) is 29.3 Å². The fraction of sp³-hybridized carbons (Fsp3) is 0.333. The predicted octanol–water partition coefficient (Wildman–Crippen LogP) is 2.80. The van der Waals surface area contributed by atoms with Crippen LogP contribution in [-0.4, -0.2) is 42.5 Å². The molecule has 0 bridgehead atoms. The second-order valence-electron chi connectivity index (χ2n) is 6.52. The second kappa shape index (κ2) is 8.66. The number of hydrogen-bond acceptors (Lipinski definition) is 3. The van der Waals surface area contributed by atoms with Gasteiger partial charge in [-0.15, -0.1) is 0 Å². The Morgan fingerprint density at radius 1 is 1.22 bits per heavy atom. The molecule has 27 heavy (non-hydrogen) atoms. The zero-order valence-electron chi connectivity index (χ0n) is 15.3. The molecule has 1 N–H and O–H groups in total. The van der Waals surface area contributed by atoms with Crippen molar-refractivity contribution in [1.82, 2.24) is 10.2 Å². The van der Waals surface area contributed by atoms with Crippen LogP contribution >= 0.6 is 0 Å². The summed E-state index contributed by atoms with van der Waals surface area (Å²) in [5.74, 6) is 0.0406. The van der Waals surface area contributed by atoms with Crippen molar-refractivity contribution in [1.29, 1.82) is 0 Å².